The van der Waals surface area contributed by atoms with Crippen LogP contribution in [-0.2, 0) is 22.7 Å². The maximum atomic E-state index is 13.7. The van der Waals surface area contributed by atoms with Crippen LogP contribution in [0.2, 0.25) is 0 Å². The number of Topliss-reactive ketones (excluding diaryl/α,β-unsaturated/α-hetero) is 1. The van der Waals surface area contributed by atoms with Crippen molar-refractivity contribution in [1.82, 2.24) is 10.2 Å². The Morgan fingerprint density at radius 3 is 2.20 bits per heavy atom. The molecule has 4 heterocycles. The molecular formula is C31H43N5O3S2+2. The van der Waals surface area contributed by atoms with Crippen LogP contribution < -0.4 is 24.1 Å². The van der Waals surface area contributed by atoms with E-state index in [0.29, 0.717) is 26.2 Å². The summed E-state index contributed by atoms with van der Waals surface area (Å²) in [6, 6.07) is 7.98. The summed E-state index contributed by atoms with van der Waals surface area (Å²) in [4.78, 5) is 33.7. The third kappa shape index (κ3) is 6.34. The number of amides is 1. The first kappa shape index (κ1) is 29.7. The van der Waals surface area contributed by atoms with Gasteiger partial charge >= 0.3 is 10.0 Å². The topological polar surface area (TPSA) is 69.6 Å². The van der Waals surface area contributed by atoms with E-state index in [2.05, 4.69) is 53.1 Å². The molecule has 41 heavy (non-hydrogen) atoms. The third-order valence-electron chi connectivity index (χ3n) is 8.62. The van der Waals surface area contributed by atoms with Gasteiger partial charge in [0, 0.05) is 40.0 Å². The second-order valence-corrected chi connectivity index (χ2v) is 13.5. The van der Waals surface area contributed by atoms with Crippen LogP contribution in [0.4, 0.5) is 5.69 Å². The molecule has 10 heteroatoms. The summed E-state index contributed by atoms with van der Waals surface area (Å²) in [7, 11) is 1.70. The average molecular weight is 598 g/mol. The number of carbonyl (C=O) groups excluding carboxylic acids is 2. The number of hydrogen-bond donors (Lipinski definition) is 1. The normalized spacial score (nSPS) is 17.9. The van der Waals surface area contributed by atoms with Crippen LogP contribution in [0, 0.1) is 27.7 Å². The molecule has 0 aliphatic carbocycles. The lowest BCUT2D eigenvalue weighted by molar-refractivity contribution is -0.703. The number of nitrogens with zero attached hydrogens (tertiary/aromatic N) is 4. The quantitative estimate of drug-likeness (QED) is 0.401. The molecule has 3 aromatic rings. The van der Waals surface area contributed by atoms with Crippen molar-refractivity contribution in [3.63, 3.8) is 0 Å². The van der Waals surface area contributed by atoms with Crippen molar-refractivity contribution in [2.75, 3.05) is 44.7 Å². The number of aryl methyl sites for hydroxylation is 2. The standard InChI is InChI=1S/C31H43N5O3S2/c1-21-23(3)40-30(35(21)19-27(37)25-11-7-6-10-14-32-25)31-36(22(2)24(4)41-31)20-29(38)34-17-15-33(16-18-34)26-12-8-9-13-28(26)39-5/h8-9,12-13,25,32H,6-7,10-11,14-20H2,1-5H3/q+2. The number of piperazine rings is 1. The summed E-state index contributed by atoms with van der Waals surface area (Å²) in [6.07, 6.45) is 4.33. The van der Waals surface area contributed by atoms with Crippen LogP contribution in [0.1, 0.15) is 46.8 Å². The van der Waals surface area contributed by atoms with Gasteiger partial charge in [-0.1, -0.05) is 47.6 Å². The first-order chi connectivity index (χ1) is 19.8. The number of rotatable bonds is 8. The Kier molecular flexibility index (Phi) is 9.41. The number of ether oxygens (including phenoxy) is 1. The van der Waals surface area contributed by atoms with Crippen molar-refractivity contribution in [1.29, 1.82) is 0 Å². The highest BCUT2D eigenvalue weighted by molar-refractivity contribution is 7.20. The van der Waals surface area contributed by atoms with Gasteiger partial charge in [0.25, 0.3) is 5.91 Å². The second-order valence-electron chi connectivity index (χ2n) is 11.1. The van der Waals surface area contributed by atoms with Gasteiger partial charge in [0.15, 0.2) is 11.4 Å². The number of methoxy groups -OCH3 is 1. The Bertz CT molecular complexity index is 1400. The fourth-order valence-electron chi connectivity index (χ4n) is 5.82. The molecule has 0 saturated carbocycles. The largest absolute Gasteiger partial charge is 0.495 e. The lowest BCUT2D eigenvalue weighted by Crippen LogP contribution is -2.54. The minimum atomic E-state index is -0.0764. The van der Waals surface area contributed by atoms with E-state index in [1.165, 1.54) is 16.2 Å². The van der Waals surface area contributed by atoms with E-state index in [9.17, 15) is 9.59 Å². The Labute approximate surface area is 251 Å². The van der Waals surface area contributed by atoms with Gasteiger partial charge in [-0.05, 0) is 45.4 Å². The molecule has 0 spiro atoms. The summed E-state index contributed by atoms with van der Waals surface area (Å²) in [5, 5.41) is 5.60. The fraction of sp³-hybridized carbons (Fsp3) is 0.548. The molecule has 5 rings (SSSR count). The number of carbonyl (C=O) groups is 2. The molecule has 1 N–H and O–H groups in total. The highest BCUT2D eigenvalue weighted by atomic mass is 32.1. The maximum absolute atomic E-state index is 13.7. The van der Waals surface area contributed by atoms with E-state index in [1.807, 2.05) is 23.1 Å². The van der Waals surface area contributed by atoms with E-state index in [4.69, 9.17) is 4.74 Å². The van der Waals surface area contributed by atoms with Gasteiger partial charge in [-0.25, -0.2) is 0 Å². The molecule has 8 nitrogen and oxygen atoms in total. The van der Waals surface area contributed by atoms with Crippen LogP contribution in [0.15, 0.2) is 24.3 Å². The van der Waals surface area contributed by atoms with E-state index in [0.717, 1.165) is 71.7 Å². The summed E-state index contributed by atoms with van der Waals surface area (Å²) >= 11 is 3.44. The van der Waals surface area contributed by atoms with Crippen LogP contribution in [0.25, 0.3) is 10.0 Å². The zero-order chi connectivity index (χ0) is 29.1. The molecule has 220 valence electrons. The molecule has 2 aliphatic heterocycles. The number of benzene rings is 1. The molecule has 0 bridgehead atoms. The van der Waals surface area contributed by atoms with E-state index in [1.54, 1.807) is 29.8 Å². The minimum Gasteiger partial charge on any atom is -0.495 e. The van der Waals surface area contributed by atoms with Crippen molar-refractivity contribution < 1.29 is 23.5 Å². The highest BCUT2D eigenvalue weighted by Crippen LogP contribution is 2.31. The van der Waals surface area contributed by atoms with Crippen molar-refractivity contribution in [2.45, 2.75) is 72.5 Å². The molecule has 1 unspecified atom stereocenters. The van der Waals surface area contributed by atoms with Gasteiger partial charge in [-0.3, -0.25) is 9.59 Å². The second kappa shape index (κ2) is 13.0. The summed E-state index contributed by atoms with van der Waals surface area (Å²) in [6.45, 7) is 12.9. The van der Waals surface area contributed by atoms with Crippen molar-refractivity contribution in [2.24, 2.45) is 0 Å². The number of ketones is 1. The molecular weight excluding hydrogens is 555 g/mol. The Hall–Kier alpha value is -2.82. The molecule has 1 atom stereocenters. The van der Waals surface area contributed by atoms with Gasteiger partial charge in [-0.15, -0.1) is 0 Å². The summed E-state index contributed by atoms with van der Waals surface area (Å²) in [5.74, 6) is 1.24. The number of para-hydroxylation sites is 2. The SMILES string of the molecule is COc1ccccc1N1CCN(C(=O)C[n+]2c(-c3sc(C)c(C)[n+]3CC(=O)C3CCCCCN3)sc(C)c2C)CC1. The van der Waals surface area contributed by atoms with Crippen molar-refractivity contribution in [3.05, 3.63) is 45.4 Å². The molecule has 2 aliphatic rings. The number of hydrogen-bond acceptors (Lipinski definition) is 7. The predicted octanol–water partition coefficient (Wildman–Crippen LogP) is 3.74. The monoisotopic (exact) mass is 597 g/mol. The maximum Gasteiger partial charge on any atom is 0.346 e. The van der Waals surface area contributed by atoms with E-state index >= 15 is 0 Å². The predicted molar refractivity (Wildman–Crippen MR) is 164 cm³/mol. The van der Waals surface area contributed by atoms with Crippen molar-refractivity contribution >= 4 is 40.1 Å². The molecule has 0 radical (unpaired) electrons. The molecule has 1 aromatic carbocycles. The van der Waals surface area contributed by atoms with Crippen LogP contribution >= 0.6 is 22.7 Å². The van der Waals surface area contributed by atoms with Gasteiger partial charge in [-0.2, -0.15) is 9.13 Å². The lowest BCUT2D eigenvalue weighted by atomic mass is 10.1. The van der Waals surface area contributed by atoms with E-state index < -0.39 is 0 Å². The smallest absolute Gasteiger partial charge is 0.346 e. The Balaban J connectivity index is 1.34. The van der Waals surface area contributed by atoms with Gasteiger partial charge in [0.1, 0.15) is 5.75 Å². The van der Waals surface area contributed by atoms with Crippen LogP contribution in [0.5, 0.6) is 5.75 Å². The van der Waals surface area contributed by atoms with E-state index in [-0.39, 0.29) is 17.7 Å². The van der Waals surface area contributed by atoms with Crippen LogP contribution in [-0.4, -0.2) is 62.5 Å². The third-order valence-corrected chi connectivity index (χ3v) is 11.2. The first-order valence-electron chi connectivity index (χ1n) is 14.7. The Morgan fingerprint density at radius 1 is 0.902 bits per heavy atom. The van der Waals surface area contributed by atoms with Gasteiger partial charge < -0.3 is 19.9 Å². The van der Waals surface area contributed by atoms with Crippen molar-refractivity contribution in [3.8, 4) is 15.8 Å². The Morgan fingerprint density at radius 2 is 1.54 bits per heavy atom. The molecule has 1 amide bonds. The molecule has 2 saturated heterocycles. The summed E-state index contributed by atoms with van der Waals surface area (Å²) < 4.78 is 9.91. The summed E-state index contributed by atoms with van der Waals surface area (Å²) in [5.41, 5.74) is 3.31. The fourth-order valence-corrected chi connectivity index (χ4v) is 8.19. The van der Waals surface area contributed by atoms with Crippen LogP contribution in [0.3, 0.4) is 0 Å². The number of thiazole rings is 2. The zero-order valence-corrected chi connectivity index (χ0v) is 26.6. The van der Waals surface area contributed by atoms with Gasteiger partial charge in [0.2, 0.25) is 18.9 Å². The highest BCUT2D eigenvalue weighted by Gasteiger charge is 2.38. The molecule has 2 fully saturated rings. The first-order valence-corrected chi connectivity index (χ1v) is 16.3. The minimum absolute atomic E-state index is 0.0764. The average Bonchev–Trinajstić information content (AvgIpc) is 3.27. The number of aromatic nitrogens is 2. The number of anilines is 1. The van der Waals surface area contributed by atoms with Gasteiger partial charge in [0.05, 0.1) is 28.6 Å². The lowest BCUT2D eigenvalue weighted by Gasteiger charge is -2.36. The number of nitrogens with one attached hydrogen (secondary N) is 1. The zero-order valence-electron chi connectivity index (χ0n) is 25.0. The molecule has 2 aromatic heterocycles.